The van der Waals surface area contributed by atoms with Gasteiger partial charge in [-0.15, -0.1) is 0 Å². The molecule has 364 valence electrons. The highest BCUT2D eigenvalue weighted by Crippen LogP contribution is 2.37. The summed E-state index contributed by atoms with van der Waals surface area (Å²) in [6, 6.07) is 20.3. The van der Waals surface area contributed by atoms with Gasteiger partial charge in [0.15, 0.2) is 34.6 Å². The first-order valence-electron chi connectivity index (χ1n) is 19.7. The van der Waals surface area contributed by atoms with Crippen molar-refractivity contribution in [2.75, 3.05) is 25.7 Å². The van der Waals surface area contributed by atoms with Crippen LogP contribution in [0, 0.1) is 0 Å². The van der Waals surface area contributed by atoms with Crippen LogP contribution in [0.3, 0.4) is 0 Å². The van der Waals surface area contributed by atoms with Gasteiger partial charge in [0, 0.05) is 11.4 Å². The fourth-order valence-corrected chi connectivity index (χ4v) is 6.11. The van der Waals surface area contributed by atoms with Crippen LogP contribution in [0.1, 0.15) is 43.3 Å². The van der Waals surface area contributed by atoms with E-state index in [1.165, 1.54) is 78.9 Å². The molecule has 6 N–H and O–H groups in total. The predicted octanol–water partition coefficient (Wildman–Crippen LogP) is 8.15. The smallest absolute Gasteiger partial charge is 0.461 e. The van der Waals surface area contributed by atoms with E-state index >= 15 is 0 Å². The van der Waals surface area contributed by atoms with Gasteiger partial charge in [0.1, 0.15) is 23.7 Å². The molecule has 0 aromatic heterocycles. The Labute approximate surface area is 385 Å². The molecule has 0 saturated heterocycles. The van der Waals surface area contributed by atoms with Crippen LogP contribution in [0.25, 0.3) is 12.2 Å². The molecular weight excluding hydrogens is 937 g/mol. The zero-order valence-electron chi connectivity index (χ0n) is 35.7. The molecule has 14 nitrogen and oxygen atoms in total. The Morgan fingerprint density at radius 1 is 0.536 bits per heavy atom. The van der Waals surface area contributed by atoms with Crippen molar-refractivity contribution in [3.8, 4) is 34.5 Å². The lowest BCUT2D eigenvalue weighted by atomic mass is 9.83. The molecule has 2 unspecified atom stereocenters. The van der Waals surface area contributed by atoms with Gasteiger partial charge in [-0.2, -0.15) is 35.1 Å². The van der Waals surface area contributed by atoms with Crippen LogP contribution in [0.15, 0.2) is 115 Å². The number of alkyl halides is 8. The summed E-state index contributed by atoms with van der Waals surface area (Å²) in [4.78, 5) is 52.3. The number of rotatable bonds is 21. The van der Waals surface area contributed by atoms with Gasteiger partial charge in [0.2, 0.25) is 0 Å². The molecule has 0 spiro atoms. The number of halogens is 8. The minimum absolute atomic E-state index is 0.0237. The van der Waals surface area contributed by atoms with E-state index in [4.69, 9.17) is 30.4 Å². The number of hydrogen-bond donors (Lipinski definition) is 4. The number of carbonyl (C=O) groups excluding carboxylic acids is 4. The Morgan fingerprint density at radius 3 is 1.23 bits per heavy atom. The zero-order chi connectivity index (χ0) is 50.8. The van der Waals surface area contributed by atoms with Crippen LogP contribution in [-0.2, 0) is 9.59 Å². The second kappa shape index (κ2) is 22.2. The molecule has 69 heavy (non-hydrogen) atoms. The number of aliphatic hydroxyl groups excluding tert-OH is 2. The second-order valence-corrected chi connectivity index (χ2v) is 14.4. The van der Waals surface area contributed by atoms with Crippen molar-refractivity contribution in [3.63, 3.8) is 0 Å². The summed E-state index contributed by atoms with van der Waals surface area (Å²) < 4.78 is 133. The number of nitrogen functional groups attached to an aromatic ring is 2. The third-order valence-electron chi connectivity index (χ3n) is 9.51. The molecule has 0 aliphatic heterocycles. The number of benzene rings is 5. The number of ketones is 2. The van der Waals surface area contributed by atoms with Crippen LogP contribution in [0.2, 0.25) is 0 Å². The summed E-state index contributed by atoms with van der Waals surface area (Å²) in [6.07, 6.45) is -17.6. The topological polar surface area (TPSA) is 216 Å². The Balaban J connectivity index is 1.24. The van der Waals surface area contributed by atoms with Crippen LogP contribution in [0.5, 0.6) is 34.5 Å². The van der Waals surface area contributed by atoms with Crippen molar-refractivity contribution in [3.05, 3.63) is 143 Å². The average molecular weight is 975 g/mol. The number of aliphatic hydroxyl groups is 2. The summed E-state index contributed by atoms with van der Waals surface area (Å²) >= 11 is 0. The molecule has 22 heteroatoms. The van der Waals surface area contributed by atoms with Crippen LogP contribution in [0.4, 0.5) is 46.5 Å². The molecule has 2 atom stereocenters. The van der Waals surface area contributed by atoms with Crippen molar-refractivity contribution in [1.29, 1.82) is 0 Å². The lowest BCUT2D eigenvalue weighted by Crippen LogP contribution is -2.38. The predicted molar refractivity (Wildman–Crippen MR) is 230 cm³/mol. The maximum atomic E-state index is 13.4. The monoisotopic (exact) mass is 974 g/mol. The van der Waals surface area contributed by atoms with Gasteiger partial charge in [-0.1, -0.05) is 36.4 Å². The summed E-state index contributed by atoms with van der Waals surface area (Å²) in [6.45, 7) is 0. The highest BCUT2D eigenvalue weighted by Gasteiger charge is 2.45. The van der Waals surface area contributed by atoms with E-state index < -0.39 is 89.7 Å². The summed E-state index contributed by atoms with van der Waals surface area (Å²) in [5.74, 6) is -8.04. The highest BCUT2D eigenvalue weighted by molar-refractivity contribution is 6.01. The number of esters is 2. The summed E-state index contributed by atoms with van der Waals surface area (Å²) in [5, 5.41) is 22.6. The molecule has 0 heterocycles. The van der Waals surface area contributed by atoms with E-state index in [1.54, 1.807) is 0 Å². The van der Waals surface area contributed by atoms with Gasteiger partial charge < -0.3 is 50.1 Å². The van der Waals surface area contributed by atoms with E-state index in [-0.39, 0.29) is 39.6 Å². The number of hydrogen-bond acceptors (Lipinski definition) is 14. The molecule has 0 fully saturated rings. The van der Waals surface area contributed by atoms with E-state index in [1.807, 2.05) is 0 Å². The molecule has 5 rings (SSSR count). The first-order chi connectivity index (χ1) is 32.5. The maximum absolute atomic E-state index is 13.4. The maximum Gasteiger partial charge on any atom is 0.461 e. The lowest BCUT2D eigenvalue weighted by Gasteiger charge is -2.26. The zero-order valence-corrected chi connectivity index (χ0v) is 35.7. The molecule has 0 saturated carbocycles. The van der Waals surface area contributed by atoms with Crippen molar-refractivity contribution in [1.82, 2.24) is 0 Å². The Morgan fingerprint density at radius 2 is 0.899 bits per heavy atom. The minimum atomic E-state index is -4.83. The molecule has 0 aliphatic carbocycles. The van der Waals surface area contributed by atoms with Gasteiger partial charge in [0.05, 0.1) is 31.3 Å². The quantitative estimate of drug-likeness (QED) is 0.0180. The minimum Gasteiger partial charge on any atom is -0.493 e. The van der Waals surface area contributed by atoms with Gasteiger partial charge in [-0.3, -0.25) is 9.59 Å². The molecule has 0 amide bonds. The lowest BCUT2D eigenvalue weighted by molar-refractivity contribution is -0.253. The van der Waals surface area contributed by atoms with E-state index in [0.29, 0.717) is 11.1 Å². The Hall–Kier alpha value is -7.98. The number of methoxy groups -OCH3 is 2. The van der Waals surface area contributed by atoms with Gasteiger partial charge in [0.25, 0.3) is 0 Å². The molecular formula is C47H38F8N2O12. The van der Waals surface area contributed by atoms with Crippen LogP contribution in [-0.4, -0.2) is 85.2 Å². The second-order valence-electron chi connectivity index (χ2n) is 14.4. The van der Waals surface area contributed by atoms with Gasteiger partial charge in [-0.05, 0) is 108 Å². The standard InChI is InChI=1S/C47H38F8N2O12/c1-64-37-21-26(9-17-35(37)68-46(52,53)44(48)49)42(62)66-31-11-3-24(4-12-31)7-15-33(58)40(60)39(28-19-29(56)23-30(57)20-28)41(61)34(59)16-8-25-5-13-32(14-6-25)67-43(63)27-10-18-36(38(22-27)65-2)69-47(54,55)45(50)51/h3-23,39-41,44-45,60-61H,56-57H2,1-2H3/b15-7+,16-8+. The van der Waals surface area contributed by atoms with Crippen molar-refractivity contribution >= 4 is 47.0 Å². The van der Waals surface area contributed by atoms with E-state index in [2.05, 4.69) is 9.47 Å². The number of nitrogens with two attached hydrogens (primary N) is 2. The Bertz CT molecular complexity index is 2540. The van der Waals surface area contributed by atoms with Gasteiger partial charge in [-0.25, -0.2) is 9.59 Å². The number of ether oxygens (including phenoxy) is 6. The number of carbonyl (C=O) groups is 4. The highest BCUT2D eigenvalue weighted by atomic mass is 19.3. The third kappa shape index (κ3) is 13.6. The first-order valence-corrected chi connectivity index (χ1v) is 19.7. The van der Waals surface area contributed by atoms with Gasteiger partial charge >= 0.3 is 37.0 Å². The van der Waals surface area contributed by atoms with Crippen molar-refractivity contribution in [2.24, 2.45) is 0 Å². The molecule has 0 bridgehead atoms. The molecule has 5 aromatic carbocycles. The average Bonchev–Trinajstić information content (AvgIpc) is 3.30. The summed E-state index contributed by atoms with van der Waals surface area (Å²) in [5.41, 5.74) is 12.3. The Kier molecular flexibility index (Phi) is 16.7. The van der Waals surface area contributed by atoms with E-state index in [0.717, 1.165) is 62.8 Å². The summed E-state index contributed by atoms with van der Waals surface area (Å²) in [7, 11) is 2.07. The largest absolute Gasteiger partial charge is 0.493 e. The van der Waals surface area contributed by atoms with Crippen LogP contribution >= 0.6 is 0 Å². The fourth-order valence-electron chi connectivity index (χ4n) is 6.11. The SMILES string of the molecule is COc1cc(C(=O)Oc2ccc(/C=C/C(=O)C(O)C(c3cc(N)cc(N)c3)C(O)C(=O)/C=C/c3ccc(OC(=O)c4ccc(OC(F)(F)C(F)F)c(OC)c4)cc3)cc2)ccc1OC(F)(F)C(F)F. The van der Waals surface area contributed by atoms with Crippen molar-refractivity contribution < 1.29 is 92.9 Å². The third-order valence-corrected chi connectivity index (χ3v) is 9.51. The van der Waals surface area contributed by atoms with Crippen molar-refractivity contribution in [2.45, 2.75) is 43.2 Å². The first kappa shape index (κ1) is 52.0. The normalized spacial score (nSPS) is 13.2. The fraction of sp³-hybridized carbons (Fsp3) is 0.191. The molecule has 0 aliphatic rings. The van der Waals surface area contributed by atoms with E-state index in [9.17, 15) is 64.5 Å². The molecule has 5 aromatic rings. The van der Waals surface area contributed by atoms with Crippen LogP contribution < -0.4 is 39.9 Å². The number of anilines is 2. The molecule has 0 radical (unpaired) electrons.